The van der Waals surface area contributed by atoms with E-state index in [0.717, 1.165) is 22.4 Å². The summed E-state index contributed by atoms with van der Waals surface area (Å²) in [5, 5.41) is 5.54. The Balaban J connectivity index is 2.07. The SMILES string of the molecule is Cc1cnc(NCC(C)(C)c2cccs2)c(Br)c1. The van der Waals surface area contributed by atoms with Gasteiger partial charge in [0.05, 0.1) is 4.47 Å². The lowest BCUT2D eigenvalue weighted by atomic mass is 9.91. The van der Waals surface area contributed by atoms with Crippen LogP contribution < -0.4 is 5.32 Å². The third-order valence-electron chi connectivity index (χ3n) is 2.86. The first-order chi connectivity index (χ1) is 8.49. The Kier molecular flexibility index (Phi) is 4.07. The van der Waals surface area contributed by atoms with E-state index in [1.54, 1.807) is 11.3 Å². The zero-order valence-electron chi connectivity index (χ0n) is 10.8. The predicted molar refractivity (Wildman–Crippen MR) is 82.5 cm³/mol. The Morgan fingerprint density at radius 3 is 2.83 bits per heavy atom. The maximum Gasteiger partial charge on any atom is 0.140 e. The molecule has 96 valence electrons. The maximum atomic E-state index is 4.41. The quantitative estimate of drug-likeness (QED) is 0.888. The first kappa shape index (κ1) is 13.6. The van der Waals surface area contributed by atoms with Gasteiger partial charge in [0.15, 0.2) is 0 Å². The van der Waals surface area contributed by atoms with Crippen molar-refractivity contribution in [2.24, 2.45) is 0 Å². The zero-order chi connectivity index (χ0) is 13.2. The third kappa shape index (κ3) is 3.12. The molecule has 0 radical (unpaired) electrons. The van der Waals surface area contributed by atoms with E-state index >= 15 is 0 Å². The molecule has 0 aliphatic heterocycles. The predicted octanol–water partition coefficient (Wildman–Crippen LogP) is 4.60. The molecule has 0 saturated heterocycles. The van der Waals surface area contributed by atoms with Crippen LogP contribution in [0.3, 0.4) is 0 Å². The molecular formula is C14H17BrN2S. The molecule has 2 aromatic heterocycles. The smallest absolute Gasteiger partial charge is 0.140 e. The molecular weight excluding hydrogens is 308 g/mol. The maximum absolute atomic E-state index is 4.41. The molecule has 0 saturated carbocycles. The van der Waals surface area contributed by atoms with Gasteiger partial charge in [-0.25, -0.2) is 4.98 Å². The van der Waals surface area contributed by atoms with Gasteiger partial charge in [0.1, 0.15) is 5.82 Å². The minimum Gasteiger partial charge on any atom is -0.368 e. The second-order valence-corrected chi connectivity index (χ2v) is 6.86. The second kappa shape index (κ2) is 5.41. The van der Waals surface area contributed by atoms with Gasteiger partial charge in [0, 0.05) is 23.0 Å². The fraction of sp³-hybridized carbons (Fsp3) is 0.357. The lowest BCUT2D eigenvalue weighted by Crippen LogP contribution is -2.27. The van der Waals surface area contributed by atoms with Crippen molar-refractivity contribution < 1.29 is 0 Å². The van der Waals surface area contributed by atoms with E-state index < -0.39 is 0 Å². The summed E-state index contributed by atoms with van der Waals surface area (Å²) >= 11 is 5.34. The Labute approximate surface area is 121 Å². The van der Waals surface area contributed by atoms with E-state index in [2.05, 4.69) is 63.7 Å². The molecule has 0 fully saturated rings. The average Bonchev–Trinajstić information content (AvgIpc) is 2.82. The molecule has 2 rings (SSSR count). The minimum atomic E-state index is 0.111. The Bertz CT molecular complexity index is 521. The van der Waals surface area contributed by atoms with Crippen LogP contribution in [0.2, 0.25) is 0 Å². The summed E-state index contributed by atoms with van der Waals surface area (Å²) in [6.07, 6.45) is 1.88. The van der Waals surface area contributed by atoms with Crippen LogP contribution >= 0.6 is 27.3 Å². The fourth-order valence-electron chi connectivity index (χ4n) is 1.72. The topological polar surface area (TPSA) is 24.9 Å². The number of halogens is 1. The van der Waals surface area contributed by atoms with E-state index in [1.165, 1.54) is 4.88 Å². The van der Waals surface area contributed by atoms with Crippen molar-refractivity contribution in [3.63, 3.8) is 0 Å². The minimum absolute atomic E-state index is 0.111. The highest BCUT2D eigenvalue weighted by Crippen LogP contribution is 2.29. The van der Waals surface area contributed by atoms with Gasteiger partial charge in [0.25, 0.3) is 0 Å². The number of pyridine rings is 1. The molecule has 0 bridgehead atoms. The monoisotopic (exact) mass is 324 g/mol. The van der Waals surface area contributed by atoms with Crippen LogP contribution in [-0.4, -0.2) is 11.5 Å². The Hall–Kier alpha value is -0.870. The van der Waals surface area contributed by atoms with Crippen molar-refractivity contribution in [2.75, 3.05) is 11.9 Å². The highest BCUT2D eigenvalue weighted by Gasteiger charge is 2.21. The molecule has 18 heavy (non-hydrogen) atoms. The molecule has 0 amide bonds. The van der Waals surface area contributed by atoms with Crippen LogP contribution in [0, 0.1) is 6.92 Å². The Morgan fingerprint density at radius 1 is 1.44 bits per heavy atom. The molecule has 1 N–H and O–H groups in total. The van der Waals surface area contributed by atoms with Crippen molar-refractivity contribution in [3.05, 3.63) is 44.7 Å². The summed E-state index contributed by atoms with van der Waals surface area (Å²) < 4.78 is 1.02. The summed E-state index contributed by atoms with van der Waals surface area (Å²) in [4.78, 5) is 5.79. The molecule has 0 atom stereocenters. The number of aromatic nitrogens is 1. The van der Waals surface area contributed by atoms with Gasteiger partial charge in [-0.1, -0.05) is 19.9 Å². The summed E-state index contributed by atoms with van der Waals surface area (Å²) in [5.74, 6) is 0.908. The standard InChI is InChI=1S/C14H17BrN2S/c1-10-7-11(15)13(16-8-10)17-9-14(2,3)12-5-4-6-18-12/h4-8H,9H2,1-3H3,(H,16,17). The highest BCUT2D eigenvalue weighted by molar-refractivity contribution is 9.10. The molecule has 0 aliphatic rings. The number of nitrogens with one attached hydrogen (secondary N) is 1. The number of aryl methyl sites for hydroxylation is 1. The van der Waals surface area contributed by atoms with Crippen molar-refractivity contribution in [1.82, 2.24) is 4.98 Å². The lowest BCUT2D eigenvalue weighted by Gasteiger charge is -2.24. The fourth-order valence-corrected chi connectivity index (χ4v) is 3.17. The molecule has 0 aliphatic carbocycles. The van der Waals surface area contributed by atoms with Gasteiger partial charge in [-0.2, -0.15) is 0 Å². The van der Waals surface area contributed by atoms with Gasteiger partial charge in [-0.15, -0.1) is 11.3 Å². The first-order valence-corrected chi connectivity index (χ1v) is 7.56. The van der Waals surface area contributed by atoms with Crippen molar-refractivity contribution in [3.8, 4) is 0 Å². The van der Waals surface area contributed by atoms with E-state index in [1.807, 2.05) is 13.1 Å². The normalized spacial score (nSPS) is 11.6. The number of rotatable bonds is 4. The van der Waals surface area contributed by atoms with E-state index in [-0.39, 0.29) is 5.41 Å². The highest BCUT2D eigenvalue weighted by atomic mass is 79.9. The van der Waals surface area contributed by atoms with Crippen LogP contribution in [0.5, 0.6) is 0 Å². The molecule has 0 aromatic carbocycles. The molecule has 0 unspecified atom stereocenters. The third-order valence-corrected chi connectivity index (χ3v) is 4.70. The largest absolute Gasteiger partial charge is 0.368 e. The molecule has 2 heterocycles. The van der Waals surface area contributed by atoms with Crippen LogP contribution in [0.1, 0.15) is 24.3 Å². The molecule has 0 spiro atoms. The number of anilines is 1. The number of hydrogen-bond donors (Lipinski definition) is 1. The number of nitrogens with zero attached hydrogens (tertiary/aromatic N) is 1. The van der Waals surface area contributed by atoms with Gasteiger partial charge in [0.2, 0.25) is 0 Å². The van der Waals surface area contributed by atoms with Crippen LogP contribution in [0.15, 0.2) is 34.2 Å². The van der Waals surface area contributed by atoms with E-state index in [4.69, 9.17) is 0 Å². The van der Waals surface area contributed by atoms with Crippen LogP contribution in [-0.2, 0) is 5.41 Å². The van der Waals surface area contributed by atoms with E-state index in [9.17, 15) is 0 Å². The van der Waals surface area contributed by atoms with E-state index in [0.29, 0.717) is 0 Å². The molecule has 2 nitrogen and oxygen atoms in total. The van der Waals surface area contributed by atoms with Crippen molar-refractivity contribution >= 4 is 33.1 Å². The number of hydrogen-bond acceptors (Lipinski definition) is 3. The van der Waals surface area contributed by atoms with Gasteiger partial charge < -0.3 is 5.32 Å². The van der Waals surface area contributed by atoms with Gasteiger partial charge in [-0.3, -0.25) is 0 Å². The summed E-state index contributed by atoms with van der Waals surface area (Å²) in [6.45, 7) is 7.39. The molecule has 2 aromatic rings. The second-order valence-electron chi connectivity index (χ2n) is 5.06. The van der Waals surface area contributed by atoms with Gasteiger partial charge >= 0.3 is 0 Å². The average molecular weight is 325 g/mol. The van der Waals surface area contributed by atoms with Gasteiger partial charge in [-0.05, 0) is 45.9 Å². The molecule has 4 heteroatoms. The summed E-state index contributed by atoms with van der Waals surface area (Å²) in [6, 6.07) is 6.36. The van der Waals surface area contributed by atoms with Crippen molar-refractivity contribution in [1.29, 1.82) is 0 Å². The summed E-state index contributed by atoms with van der Waals surface area (Å²) in [5.41, 5.74) is 1.27. The Morgan fingerprint density at radius 2 is 2.22 bits per heavy atom. The van der Waals surface area contributed by atoms with Crippen LogP contribution in [0.4, 0.5) is 5.82 Å². The first-order valence-electron chi connectivity index (χ1n) is 5.89. The van der Waals surface area contributed by atoms with Crippen molar-refractivity contribution in [2.45, 2.75) is 26.2 Å². The summed E-state index contributed by atoms with van der Waals surface area (Å²) in [7, 11) is 0. The van der Waals surface area contributed by atoms with Crippen LogP contribution in [0.25, 0.3) is 0 Å². The zero-order valence-corrected chi connectivity index (χ0v) is 13.2. The number of thiophene rings is 1. The lowest BCUT2D eigenvalue weighted by molar-refractivity contribution is 0.568.